The van der Waals surface area contributed by atoms with Gasteiger partial charge in [0.1, 0.15) is 0 Å². The predicted octanol–water partition coefficient (Wildman–Crippen LogP) is 2.57. The summed E-state index contributed by atoms with van der Waals surface area (Å²) in [4.78, 5) is 21.5. The van der Waals surface area contributed by atoms with E-state index in [2.05, 4.69) is 25.3 Å². The third-order valence-electron chi connectivity index (χ3n) is 2.56. The molecule has 0 heterocycles. The lowest BCUT2D eigenvalue weighted by Crippen LogP contribution is -2.18. The zero-order chi connectivity index (χ0) is 14.0. The number of aliphatic carboxylic acids is 1. The van der Waals surface area contributed by atoms with Crippen LogP contribution in [0.15, 0.2) is 0 Å². The van der Waals surface area contributed by atoms with Crippen LogP contribution in [0.4, 0.5) is 0 Å². The van der Waals surface area contributed by atoms with E-state index in [9.17, 15) is 9.59 Å². The van der Waals surface area contributed by atoms with Crippen LogP contribution in [0.25, 0.3) is 0 Å². The number of thiol groups is 2. The van der Waals surface area contributed by atoms with Crippen molar-refractivity contribution in [1.82, 2.24) is 0 Å². The van der Waals surface area contributed by atoms with Crippen LogP contribution in [0.1, 0.15) is 45.4 Å². The molecular weight excluding hydrogens is 272 g/mol. The first-order chi connectivity index (χ1) is 8.47. The lowest BCUT2D eigenvalue weighted by Gasteiger charge is -2.16. The lowest BCUT2D eigenvalue weighted by atomic mass is 10.2. The average Bonchev–Trinajstić information content (AvgIpc) is 2.33. The van der Waals surface area contributed by atoms with E-state index >= 15 is 0 Å². The molecule has 0 aromatic carbocycles. The summed E-state index contributed by atoms with van der Waals surface area (Å²) in [6, 6.07) is 0. The van der Waals surface area contributed by atoms with Crippen molar-refractivity contribution in [3.63, 3.8) is 0 Å². The maximum Gasteiger partial charge on any atom is 0.305 e. The number of carbonyl (C=O) groups excluding carboxylic acids is 1. The number of rotatable bonds is 10. The van der Waals surface area contributed by atoms with Gasteiger partial charge in [-0.25, -0.2) is 0 Å². The number of esters is 1. The Morgan fingerprint density at radius 1 is 1.17 bits per heavy atom. The second-order valence-electron chi connectivity index (χ2n) is 4.15. The zero-order valence-electron chi connectivity index (χ0n) is 10.7. The predicted molar refractivity (Wildman–Crippen MR) is 77.5 cm³/mol. The number of unbranched alkanes of at least 4 members (excludes halogenated alkanes) is 1. The zero-order valence-corrected chi connectivity index (χ0v) is 12.5. The monoisotopic (exact) mass is 294 g/mol. The van der Waals surface area contributed by atoms with Gasteiger partial charge in [-0.15, -0.1) is 0 Å². The Hall–Kier alpha value is -0.360. The van der Waals surface area contributed by atoms with Crippen LogP contribution in [0.2, 0.25) is 0 Å². The summed E-state index contributed by atoms with van der Waals surface area (Å²) in [5.74, 6) is -1.10. The van der Waals surface area contributed by atoms with Gasteiger partial charge in [-0.3, -0.25) is 9.59 Å². The number of carboxylic acids is 1. The molecule has 0 amide bonds. The number of ether oxygens (including phenoxy) is 1. The van der Waals surface area contributed by atoms with E-state index in [1.807, 2.05) is 6.92 Å². The highest BCUT2D eigenvalue weighted by molar-refractivity contribution is 7.85. The van der Waals surface area contributed by atoms with Crippen molar-refractivity contribution in [1.29, 1.82) is 0 Å². The average molecular weight is 294 g/mol. The molecule has 0 fully saturated rings. The van der Waals surface area contributed by atoms with Crippen molar-refractivity contribution >= 4 is 37.2 Å². The van der Waals surface area contributed by atoms with Gasteiger partial charge in [0, 0.05) is 23.3 Å². The van der Waals surface area contributed by atoms with E-state index in [1.165, 1.54) is 0 Å². The summed E-state index contributed by atoms with van der Waals surface area (Å²) in [6.07, 6.45) is 3.06. The lowest BCUT2D eigenvalue weighted by molar-refractivity contribution is -0.144. The standard InChI is InChI=1S/C12H22O4S2/c1-2-9(17)10(18)7-8-16-12(15)6-4-3-5-11(13)14/h9-10,17-18H,2-8H2,1H3,(H,13,14). The van der Waals surface area contributed by atoms with Crippen molar-refractivity contribution < 1.29 is 19.4 Å². The number of hydrogen-bond acceptors (Lipinski definition) is 5. The minimum absolute atomic E-state index is 0.101. The summed E-state index contributed by atoms with van der Waals surface area (Å²) in [5, 5.41) is 8.76. The molecule has 0 saturated heterocycles. The molecule has 0 aliphatic heterocycles. The maximum atomic E-state index is 11.3. The molecule has 0 aliphatic rings. The number of hydrogen-bond donors (Lipinski definition) is 3. The Labute approximate surface area is 119 Å². The van der Waals surface area contributed by atoms with Gasteiger partial charge in [-0.1, -0.05) is 6.92 Å². The van der Waals surface area contributed by atoms with E-state index in [1.54, 1.807) is 0 Å². The summed E-state index contributed by atoms with van der Waals surface area (Å²) >= 11 is 8.75. The molecule has 0 spiro atoms. The molecular formula is C12H22O4S2. The third kappa shape index (κ3) is 9.65. The maximum absolute atomic E-state index is 11.3. The van der Waals surface area contributed by atoms with Gasteiger partial charge >= 0.3 is 11.9 Å². The number of carboxylic acid groups (broad SMARTS) is 1. The van der Waals surface area contributed by atoms with Crippen LogP contribution in [0.3, 0.4) is 0 Å². The summed E-state index contributed by atoms with van der Waals surface area (Å²) < 4.78 is 5.05. The van der Waals surface area contributed by atoms with Gasteiger partial charge in [0.15, 0.2) is 0 Å². The minimum atomic E-state index is -0.833. The van der Waals surface area contributed by atoms with Crippen LogP contribution in [0, 0.1) is 0 Å². The first-order valence-corrected chi connectivity index (χ1v) is 7.24. The molecule has 1 N–H and O–H groups in total. The summed E-state index contributed by atoms with van der Waals surface area (Å²) in [6.45, 7) is 2.39. The quantitative estimate of drug-likeness (QED) is 0.329. The van der Waals surface area contributed by atoms with E-state index < -0.39 is 5.97 Å². The largest absolute Gasteiger partial charge is 0.481 e. The Morgan fingerprint density at radius 3 is 2.33 bits per heavy atom. The molecule has 0 rings (SSSR count). The first kappa shape index (κ1) is 17.6. The molecule has 0 aliphatic carbocycles. The first-order valence-electron chi connectivity index (χ1n) is 6.21. The summed E-state index contributed by atoms with van der Waals surface area (Å²) in [7, 11) is 0. The fraction of sp³-hybridized carbons (Fsp3) is 0.833. The van der Waals surface area contributed by atoms with Crippen molar-refractivity contribution in [2.24, 2.45) is 0 Å². The SMILES string of the molecule is CCC(S)C(S)CCOC(=O)CCCCC(=O)O. The van der Waals surface area contributed by atoms with Crippen molar-refractivity contribution in [2.75, 3.05) is 6.61 Å². The highest BCUT2D eigenvalue weighted by Gasteiger charge is 2.12. The smallest absolute Gasteiger partial charge is 0.305 e. The van der Waals surface area contributed by atoms with Gasteiger partial charge in [-0.2, -0.15) is 25.3 Å². The highest BCUT2D eigenvalue weighted by atomic mass is 32.1. The van der Waals surface area contributed by atoms with E-state index in [0.29, 0.717) is 25.9 Å². The minimum Gasteiger partial charge on any atom is -0.481 e. The fourth-order valence-electron chi connectivity index (χ4n) is 1.38. The molecule has 106 valence electrons. The number of carbonyl (C=O) groups is 2. The topological polar surface area (TPSA) is 63.6 Å². The normalized spacial score (nSPS) is 13.9. The van der Waals surface area contributed by atoms with Gasteiger partial charge in [0.2, 0.25) is 0 Å². The Kier molecular flexibility index (Phi) is 10.3. The van der Waals surface area contributed by atoms with Gasteiger partial charge < -0.3 is 9.84 Å². The van der Waals surface area contributed by atoms with E-state index in [0.717, 1.165) is 6.42 Å². The van der Waals surface area contributed by atoms with Crippen molar-refractivity contribution in [3.8, 4) is 0 Å². The third-order valence-corrected chi connectivity index (χ3v) is 4.14. The van der Waals surface area contributed by atoms with Crippen LogP contribution < -0.4 is 0 Å². The van der Waals surface area contributed by atoms with Crippen LogP contribution in [-0.2, 0) is 14.3 Å². The molecule has 6 heteroatoms. The molecule has 2 atom stereocenters. The molecule has 4 nitrogen and oxygen atoms in total. The highest BCUT2D eigenvalue weighted by Crippen LogP contribution is 2.16. The molecule has 0 bridgehead atoms. The second-order valence-corrected chi connectivity index (χ2v) is 5.48. The Morgan fingerprint density at radius 2 is 1.78 bits per heavy atom. The second kappa shape index (κ2) is 10.6. The Bertz CT molecular complexity index is 258. The summed E-state index contributed by atoms with van der Waals surface area (Å²) in [5.41, 5.74) is 0. The van der Waals surface area contributed by atoms with Crippen LogP contribution in [0.5, 0.6) is 0 Å². The molecule has 0 saturated carbocycles. The fourth-order valence-corrected chi connectivity index (χ4v) is 1.84. The van der Waals surface area contributed by atoms with Gasteiger partial charge in [0.25, 0.3) is 0 Å². The van der Waals surface area contributed by atoms with Crippen molar-refractivity contribution in [3.05, 3.63) is 0 Å². The van der Waals surface area contributed by atoms with Gasteiger partial charge in [-0.05, 0) is 25.7 Å². The molecule has 18 heavy (non-hydrogen) atoms. The van der Waals surface area contributed by atoms with E-state index in [4.69, 9.17) is 9.84 Å². The van der Waals surface area contributed by atoms with Crippen LogP contribution >= 0.6 is 25.3 Å². The Balaban J connectivity index is 3.50. The molecule has 0 aromatic heterocycles. The molecule has 0 aromatic rings. The molecule has 2 unspecified atom stereocenters. The van der Waals surface area contributed by atoms with Crippen molar-refractivity contribution in [2.45, 2.75) is 55.9 Å². The van der Waals surface area contributed by atoms with Gasteiger partial charge in [0.05, 0.1) is 6.61 Å². The van der Waals surface area contributed by atoms with Crippen LogP contribution in [-0.4, -0.2) is 34.2 Å². The van der Waals surface area contributed by atoms with E-state index in [-0.39, 0.29) is 29.3 Å². The molecule has 0 radical (unpaired) electrons.